The third kappa shape index (κ3) is 1.65. The normalized spacial score (nSPS) is 34.4. The highest BCUT2D eigenvalue weighted by Crippen LogP contribution is 2.71. The van der Waals surface area contributed by atoms with Crippen LogP contribution in [0.5, 0.6) is 0 Å². The molecule has 1 saturated carbocycles. The fourth-order valence-corrected chi connectivity index (χ4v) is 2.90. The molecule has 2 unspecified atom stereocenters. The average Bonchev–Trinajstić information content (AvgIpc) is 2.51. The van der Waals surface area contributed by atoms with Crippen molar-refractivity contribution in [3.63, 3.8) is 0 Å². The minimum absolute atomic E-state index is 0.236. The van der Waals surface area contributed by atoms with Crippen LogP contribution in [0.15, 0.2) is 0 Å². The van der Waals surface area contributed by atoms with Gasteiger partial charge in [-0.2, -0.15) is 13.2 Å². The lowest BCUT2D eigenvalue weighted by Gasteiger charge is -2.26. The summed E-state index contributed by atoms with van der Waals surface area (Å²) in [6.45, 7) is 2.84. The van der Waals surface area contributed by atoms with E-state index in [2.05, 4.69) is 0 Å². The first-order chi connectivity index (χ1) is 5.67. The minimum Gasteiger partial charge on any atom is -0.171 e. The van der Waals surface area contributed by atoms with Crippen LogP contribution in [0.3, 0.4) is 0 Å². The number of alkyl halides is 5. The molecule has 0 N–H and O–H groups in total. The maximum absolute atomic E-state index is 12.4. The second-order valence-corrected chi connectivity index (χ2v) is 5.14. The summed E-state index contributed by atoms with van der Waals surface area (Å²) >= 11 is 11.5. The van der Waals surface area contributed by atoms with E-state index >= 15 is 0 Å². The Morgan fingerprint density at radius 1 is 1.38 bits per heavy atom. The lowest BCUT2D eigenvalue weighted by Crippen LogP contribution is -2.31. The van der Waals surface area contributed by atoms with E-state index in [0.29, 0.717) is 6.42 Å². The first-order valence-electron chi connectivity index (χ1n) is 4.12. The molecule has 13 heavy (non-hydrogen) atoms. The number of rotatable bonds is 2. The van der Waals surface area contributed by atoms with Gasteiger partial charge in [-0.1, -0.05) is 13.8 Å². The summed E-state index contributed by atoms with van der Waals surface area (Å²) in [5, 5.41) is 0. The van der Waals surface area contributed by atoms with E-state index in [1.165, 1.54) is 0 Å². The molecule has 0 spiro atoms. The van der Waals surface area contributed by atoms with Gasteiger partial charge in [-0.25, -0.2) is 0 Å². The molecule has 0 saturated heterocycles. The highest BCUT2D eigenvalue weighted by atomic mass is 35.5. The molecule has 0 aromatic carbocycles. The van der Waals surface area contributed by atoms with Crippen LogP contribution in [0, 0.1) is 11.3 Å². The Kier molecular flexibility index (Phi) is 2.58. The van der Waals surface area contributed by atoms with Gasteiger partial charge in [0.05, 0.1) is 5.92 Å². The van der Waals surface area contributed by atoms with Crippen LogP contribution in [0.4, 0.5) is 13.2 Å². The van der Waals surface area contributed by atoms with Crippen molar-refractivity contribution in [2.75, 3.05) is 0 Å². The minimum atomic E-state index is -4.21. The molecule has 0 aromatic rings. The van der Waals surface area contributed by atoms with Gasteiger partial charge in [0, 0.05) is 5.41 Å². The zero-order valence-electron chi connectivity index (χ0n) is 7.38. The van der Waals surface area contributed by atoms with E-state index in [9.17, 15) is 13.2 Å². The first kappa shape index (κ1) is 11.4. The highest BCUT2D eigenvalue weighted by molar-refractivity contribution is 6.51. The van der Waals surface area contributed by atoms with Gasteiger partial charge in [0.15, 0.2) is 0 Å². The number of hydrogen-bond donors (Lipinski definition) is 0. The Balaban J connectivity index is 2.83. The first-order valence-corrected chi connectivity index (χ1v) is 4.87. The predicted molar refractivity (Wildman–Crippen MR) is 47.0 cm³/mol. The Morgan fingerprint density at radius 3 is 1.85 bits per heavy atom. The van der Waals surface area contributed by atoms with Crippen LogP contribution < -0.4 is 0 Å². The molecule has 2 atom stereocenters. The van der Waals surface area contributed by atoms with Crippen LogP contribution >= 0.6 is 23.2 Å². The Hall–Kier alpha value is 0.370. The molecule has 0 amide bonds. The maximum Gasteiger partial charge on any atom is 0.392 e. The highest BCUT2D eigenvalue weighted by Gasteiger charge is 2.72. The third-order valence-electron chi connectivity index (χ3n) is 3.09. The van der Waals surface area contributed by atoms with E-state index in [-0.39, 0.29) is 6.42 Å². The summed E-state index contributed by atoms with van der Waals surface area (Å²) in [6, 6.07) is 0. The molecule has 5 heteroatoms. The molecule has 0 bridgehead atoms. The molecule has 1 aliphatic carbocycles. The van der Waals surface area contributed by atoms with Gasteiger partial charge < -0.3 is 0 Å². The molecule has 78 valence electrons. The second kappa shape index (κ2) is 2.93. The summed E-state index contributed by atoms with van der Waals surface area (Å²) in [5.74, 6) is -1.43. The molecular weight excluding hydrogens is 224 g/mol. The average molecular weight is 235 g/mol. The molecular formula is C8H11Cl2F3. The summed E-state index contributed by atoms with van der Waals surface area (Å²) < 4.78 is 36.0. The van der Waals surface area contributed by atoms with Gasteiger partial charge in [-0.15, -0.1) is 23.2 Å². The van der Waals surface area contributed by atoms with Gasteiger partial charge in [0.2, 0.25) is 0 Å². The maximum atomic E-state index is 12.4. The van der Waals surface area contributed by atoms with Gasteiger partial charge in [0.1, 0.15) is 4.33 Å². The van der Waals surface area contributed by atoms with Crippen LogP contribution in [-0.4, -0.2) is 10.5 Å². The van der Waals surface area contributed by atoms with Gasteiger partial charge >= 0.3 is 6.18 Å². The zero-order valence-corrected chi connectivity index (χ0v) is 8.89. The molecule has 0 heterocycles. The van der Waals surface area contributed by atoms with Crippen LogP contribution in [0.25, 0.3) is 0 Å². The summed E-state index contributed by atoms with van der Waals surface area (Å²) in [6.07, 6.45) is -3.61. The van der Waals surface area contributed by atoms with Gasteiger partial charge in [0.25, 0.3) is 0 Å². The van der Waals surface area contributed by atoms with Crippen molar-refractivity contribution in [2.24, 2.45) is 11.3 Å². The van der Waals surface area contributed by atoms with E-state index < -0.39 is 21.8 Å². The Labute approximate surface area is 85.4 Å². The van der Waals surface area contributed by atoms with Crippen molar-refractivity contribution in [3.05, 3.63) is 0 Å². The van der Waals surface area contributed by atoms with Gasteiger partial charge in [-0.05, 0) is 12.8 Å². The summed E-state index contributed by atoms with van der Waals surface area (Å²) in [7, 11) is 0. The lowest BCUT2D eigenvalue weighted by molar-refractivity contribution is -0.188. The second-order valence-electron chi connectivity index (χ2n) is 3.65. The SMILES string of the molecule is CCC1(C(C)C(F)(F)F)CC1(Cl)Cl. The predicted octanol–water partition coefficient (Wildman–Crippen LogP) is 4.16. The number of hydrogen-bond acceptors (Lipinski definition) is 0. The smallest absolute Gasteiger partial charge is 0.171 e. The van der Waals surface area contributed by atoms with Crippen molar-refractivity contribution in [1.82, 2.24) is 0 Å². The molecule has 0 radical (unpaired) electrons. The zero-order chi connectivity index (χ0) is 10.5. The topological polar surface area (TPSA) is 0 Å². The van der Waals surface area contributed by atoms with Crippen molar-refractivity contribution >= 4 is 23.2 Å². The fraction of sp³-hybridized carbons (Fsp3) is 1.00. The lowest BCUT2D eigenvalue weighted by atomic mass is 9.87. The molecule has 0 aromatic heterocycles. The standard InChI is InChI=1S/C8H11Cl2F3/c1-3-6(4-7(6,9)10)5(2)8(11,12)13/h5H,3-4H2,1-2H3. The van der Waals surface area contributed by atoms with Crippen molar-refractivity contribution in [3.8, 4) is 0 Å². The van der Waals surface area contributed by atoms with Crippen molar-refractivity contribution in [2.45, 2.75) is 37.2 Å². The molecule has 0 aliphatic heterocycles. The quantitative estimate of drug-likeness (QED) is 0.630. The largest absolute Gasteiger partial charge is 0.392 e. The summed E-state index contributed by atoms with van der Waals surface area (Å²) in [4.78, 5) is 0. The third-order valence-corrected chi connectivity index (χ3v) is 4.11. The Bertz CT molecular complexity index is 209. The fourth-order valence-electron chi connectivity index (χ4n) is 1.82. The molecule has 1 fully saturated rings. The van der Waals surface area contributed by atoms with Crippen molar-refractivity contribution < 1.29 is 13.2 Å². The van der Waals surface area contributed by atoms with Crippen LogP contribution in [-0.2, 0) is 0 Å². The van der Waals surface area contributed by atoms with Crippen LogP contribution in [0.1, 0.15) is 26.7 Å². The van der Waals surface area contributed by atoms with Crippen molar-refractivity contribution in [1.29, 1.82) is 0 Å². The van der Waals surface area contributed by atoms with E-state index in [1.807, 2.05) is 0 Å². The van der Waals surface area contributed by atoms with Gasteiger partial charge in [-0.3, -0.25) is 0 Å². The van der Waals surface area contributed by atoms with Crippen LogP contribution in [0.2, 0.25) is 0 Å². The number of halogens is 5. The Morgan fingerprint density at radius 2 is 1.77 bits per heavy atom. The molecule has 1 rings (SSSR count). The van der Waals surface area contributed by atoms with E-state index in [0.717, 1.165) is 6.92 Å². The van der Waals surface area contributed by atoms with E-state index in [4.69, 9.17) is 23.2 Å². The monoisotopic (exact) mass is 234 g/mol. The molecule has 0 nitrogen and oxygen atoms in total. The molecule has 1 aliphatic rings. The summed E-state index contributed by atoms with van der Waals surface area (Å²) in [5.41, 5.74) is -0.964. The van der Waals surface area contributed by atoms with E-state index in [1.54, 1.807) is 6.92 Å².